The van der Waals surface area contributed by atoms with E-state index in [1.807, 2.05) is 44.2 Å². The van der Waals surface area contributed by atoms with Crippen molar-refractivity contribution in [2.45, 2.75) is 55.4 Å². The van der Waals surface area contributed by atoms with E-state index in [9.17, 15) is 18.0 Å². The first-order chi connectivity index (χ1) is 16.7. The Kier molecular flexibility index (Phi) is 9.07. The highest BCUT2D eigenvalue weighted by molar-refractivity contribution is 7.91. The van der Waals surface area contributed by atoms with E-state index in [1.165, 1.54) is 48.0 Å². The molecule has 0 aliphatic heterocycles. The lowest BCUT2D eigenvalue weighted by molar-refractivity contribution is -0.116. The molecule has 0 aliphatic carbocycles. The normalized spacial score (nSPS) is 12.1. The molecule has 184 valence electrons. The SMILES string of the molecule is CCCC(=O)Nc1cc(C(=O)N[C@@H](C)CCc2ccccc2)ccc1S(=O)(=O)c1ccc(Cl)cc1. The molecule has 0 radical (unpaired) electrons. The minimum absolute atomic E-state index is 0.0413. The summed E-state index contributed by atoms with van der Waals surface area (Å²) in [6.45, 7) is 3.77. The molecule has 6 nitrogen and oxygen atoms in total. The number of nitrogens with one attached hydrogen (secondary N) is 2. The molecular weight excluding hydrogens is 484 g/mol. The average molecular weight is 513 g/mol. The Morgan fingerprint density at radius 1 is 0.971 bits per heavy atom. The fourth-order valence-corrected chi connectivity index (χ4v) is 5.11. The number of hydrogen-bond acceptors (Lipinski definition) is 4. The summed E-state index contributed by atoms with van der Waals surface area (Å²) < 4.78 is 26.6. The molecule has 0 heterocycles. The van der Waals surface area contributed by atoms with Gasteiger partial charge in [0, 0.05) is 23.0 Å². The van der Waals surface area contributed by atoms with Crippen LogP contribution in [0.3, 0.4) is 0 Å². The van der Waals surface area contributed by atoms with E-state index in [-0.39, 0.29) is 45.3 Å². The van der Waals surface area contributed by atoms with Gasteiger partial charge in [-0.1, -0.05) is 48.9 Å². The van der Waals surface area contributed by atoms with Gasteiger partial charge in [-0.05, 0) is 74.2 Å². The molecule has 2 N–H and O–H groups in total. The van der Waals surface area contributed by atoms with Crippen LogP contribution in [0.5, 0.6) is 0 Å². The van der Waals surface area contributed by atoms with Gasteiger partial charge in [-0.25, -0.2) is 8.42 Å². The molecule has 1 atom stereocenters. The molecule has 3 aromatic rings. The molecule has 0 fully saturated rings. The van der Waals surface area contributed by atoms with Gasteiger partial charge in [0.05, 0.1) is 15.5 Å². The fraction of sp³-hybridized carbons (Fsp3) is 0.259. The van der Waals surface area contributed by atoms with Crippen molar-refractivity contribution >= 4 is 38.9 Å². The first-order valence-electron chi connectivity index (χ1n) is 11.5. The molecule has 3 rings (SSSR count). The van der Waals surface area contributed by atoms with Crippen molar-refractivity contribution in [1.82, 2.24) is 5.32 Å². The number of benzene rings is 3. The van der Waals surface area contributed by atoms with Gasteiger partial charge >= 0.3 is 0 Å². The van der Waals surface area contributed by atoms with Gasteiger partial charge in [-0.3, -0.25) is 9.59 Å². The van der Waals surface area contributed by atoms with Crippen molar-refractivity contribution in [3.8, 4) is 0 Å². The topological polar surface area (TPSA) is 92.3 Å². The Bertz CT molecular complexity index is 1280. The highest BCUT2D eigenvalue weighted by Crippen LogP contribution is 2.30. The van der Waals surface area contributed by atoms with Crippen molar-refractivity contribution in [3.63, 3.8) is 0 Å². The third kappa shape index (κ3) is 7.16. The zero-order valence-corrected chi connectivity index (χ0v) is 21.3. The van der Waals surface area contributed by atoms with Crippen LogP contribution in [0.4, 0.5) is 5.69 Å². The van der Waals surface area contributed by atoms with Gasteiger partial charge in [0.2, 0.25) is 15.7 Å². The Morgan fingerprint density at radius 2 is 1.66 bits per heavy atom. The Hall–Kier alpha value is -3.16. The maximum atomic E-state index is 13.3. The van der Waals surface area contributed by atoms with Crippen LogP contribution in [0.15, 0.2) is 82.6 Å². The smallest absolute Gasteiger partial charge is 0.251 e. The number of anilines is 1. The second kappa shape index (κ2) is 12.0. The van der Waals surface area contributed by atoms with Crippen LogP contribution >= 0.6 is 11.6 Å². The van der Waals surface area contributed by atoms with Gasteiger partial charge in [0.15, 0.2) is 0 Å². The van der Waals surface area contributed by atoms with Gasteiger partial charge in [0.1, 0.15) is 0 Å². The summed E-state index contributed by atoms with van der Waals surface area (Å²) in [4.78, 5) is 25.2. The summed E-state index contributed by atoms with van der Waals surface area (Å²) in [5, 5.41) is 6.03. The summed E-state index contributed by atoms with van der Waals surface area (Å²) in [6, 6.07) is 19.9. The number of amides is 2. The summed E-state index contributed by atoms with van der Waals surface area (Å²) >= 11 is 5.90. The van der Waals surface area contributed by atoms with Crippen LogP contribution < -0.4 is 10.6 Å². The lowest BCUT2D eigenvalue weighted by Crippen LogP contribution is -2.33. The number of halogens is 1. The summed E-state index contributed by atoms with van der Waals surface area (Å²) in [5.41, 5.74) is 1.52. The van der Waals surface area contributed by atoms with E-state index in [0.29, 0.717) is 11.4 Å². The molecule has 0 spiro atoms. The van der Waals surface area contributed by atoms with Crippen LogP contribution in [0.2, 0.25) is 5.02 Å². The van der Waals surface area contributed by atoms with Gasteiger partial charge in [-0.15, -0.1) is 0 Å². The lowest BCUT2D eigenvalue weighted by atomic mass is 10.1. The van der Waals surface area contributed by atoms with Crippen molar-refractivity contribution in [1.29, 1.82) is 0 Å². The zero-order chi connectivity index (χ0) is 25.4. The van der Waals surface area contributed by atoms with Crippen molar-refractivity contribution < 1.29 is 18.0 Å². The Morgan fingerprint density at radius 3 is 2.31 bits per heavy atom. The van der Waals surface area contributed by atoms with E-state index in [4.69, 9.17) is 11.6 Å². The number of aryl methyl sites for hydroxylation is 1. The Labute approximate surface area is 211 Å². The monoisotopic (exact) mass is 512 g/mol. The van der Waals surface area contributed by atoms with E-state index >= 15 is 0 Å². The van der Waals surface area contributed by atoms with Crippen LogP contribution in [-0.4, -0.2) is 26.3 Å². The molecular formula is C27H29ClN2O4S. The standard InChI is InChI=1S/C27H29ClN2O4S/c1-3-7-26(31)30-24-18-21(27(32)29-19(2)10-11-20-8-5-4-6-9-20)12-17-25(24)35(33,34)23-15-13-22(28)14-16-23/h4-6,8-9,12-19H,3,7,10-11H2,1-2H3,(H,29,32)(H,30,31)/t19-/m0/s1. The average Bonchev–Trinajstić information content (AvgIpc) is 2.83. The second-order valence-corrected chi connectivity index (χ2v) is 10.7. The van der Waals surface area contributed by atoms with Crippen LogP contribution in [0.1, 0.15) is 49.0 Å². The van der Waals surface area contributed by atoms with E-state index in [0.717, 1.165) is 12.8 Å². The minimum Gasteiger partial charge on any atom is -0.350 e. The van der Waals surface area contributed by atoms with E-state index in [1.54, 1.807) is 0 Å². The highest BCUT2D eigenvalue weighted by Gasteiger charge is 2.24. The minimum atomic E-state index is -3.96. The quantitative estimate of drug-likeness (QED) is 0.366. The third-order valence-corrected chi connectivity index (χ3v) is 7.57. The number of carbonyl (C=O) groups excluding carboxylic acids is 2. The van der Waals surface area contributed by atoms with E-state index < -0.39 is 9.84 Å². The number of carbonyl (C=O) groups is 2. The molecule has 0 aromatic heterocycles. The molecule has 0 aliphatic rings. The molecule has 8 heteroatoms. The predicted molar refractivity (Wildman–Crippen MR) is 139 cm³/mol. The largest absolute Gasteiger partial charge is 0.350 e. The van der Waals surface area contributed by atoms with Crippen molar-refractivity contribution in [2.24, 2.45) is 0 Å². The lowest BCUT2D eigenvalue weighted by Gasteiger charge is -2.16. The van der Waals surface area contributed by atoms with Crippen molar-refractivity contribution in [3.05, 3.63) is 88.9 Å². The molecule has 3 aromatic carbocycles. The first kappa shape index (κ1) is 26.4. The van der Waals surface area contributed by atoms with Crippen LogP contribution in [0, 0.1) is 0 Å². The number of hydrogen-bond donors (Lipinski definition) is 2. The molecule has 2 amide bonds. The maximum absolute atomic E-state index is 13.3. The maximum Gasteiger partial charge on any atom is 0.251 e. The Balaban J connectivity index is 1.84. The number of sulfone groups is 1. The van der Waals surface area contributed by atoms with Gasteiger partial charge < -0.3 is 10.6 Å². The fourth-order valence-electron chi connectivity index (χ4n) is 3.59. The summed E-state index contributed by atoms with van der Waals surface area (Å²) in [7, 11) is -3.96. The van der Waals surface area contributed by atoms with Gasteiger partial charge in [0.25, 0.3) is 5.91 Å². The molecule has 35 heavy (non-hydrogen) atoms. The molecule has 0 saturated heterocycles. The van der Waals surface area contributed by atoms with Crippen LogP contribution in [-0.2, 0) is 21.1 Å². The summed E-state index contributed by atoms with van der Waals surface area (Å²) in [5.74, 6) is -0.666. The highest BCUT2D eigenvalue weighted by atomic mass is 35.5. The summed E-state index contributed by atoms with van der Waals surface area (Å²) in [6.07, 6.45) is 2.40. The zero-order valence-electron chi connectivity index (χ0n) is 19.8. The predicted octanol–water partition coefficient (Wildman–Crippen LogP) is 5.66. The van der Waals surface area contributed by atoms with Crippen LogP contribution in [0.25, 0.3) is 0 Å². The number of rotatable bonds is 10. The third-order valence-electron chi connectivity index (χ3n) is 5.49. The van der Waals surface area contributed by atoms with Gasteiger partial charge in [-0.2, -0.15) is 0 Å². The molecule has 0 unspecified atom stereocenters. The first-order valence-corrected chi connectivity index (χ1v) is 13.4. The molecule has 0 saturated carbocycles. The second-order valence-electron chi connectivity index (χ2n) is 8.37. The molecule has 0 bridgehead atoms. The van der Waals surface area contributed by atoms with E-state index in [2.05, 4.69) is 10.6 Å². The van der Waals surface area contributed by atoms with Crippen molar-refractivity contribution in [2.75, 3.05) is 5.32 Å².